The quantitative estimate of drug-likeness (QED) is 0.315. The average molecular weight is 523 g/mol. The van der Waals surface area contributed by atoms with Crippen LogP contribution in [0.5, 0.6) is 11.5 Å². The van der Waals surface area contributed by atoms with Gasteiger partial charge in [-0.2, -0.15) is 5.10 Å². The smallest absolute Gasteiger partial charge is 0.262 e. The van der Waals surface area contributed by atoms with Crippen molar-refractivity contribution in [1.29, 1.82) is 0 Å². The van der Waals surface area contributed by atoms with Gasteiger partial charge in [-0.1, -0.05) is 31.5 Å². The standard InChI is InChI=1S/C22H26IN3O4/c1-13(2)19(25-21(27)16-8-6-14(3)7-9-16)22(28)26-24-12-15-10-17(23)20(30-5)18(11-15)29-4/h6-13,19H,1-5H3,(H,25,27)(H,26,28). The van der Waals surface area contributed by atoms with Crippen molar-refractivity contribution in [1.82, 2.24) is 10.7 Å². The van der Waals surface area contributed by atoms with Crippen LogP contribution < -0.4 is 20.2 Å². The summed E-state index contributed by atoms with van der Waals surface area (Å²) in [6, 6.07) is 10.1. The van der Waals surface area contributed by atoms with Gasteiger partial charge in [0, 0.05) is 5.56 Å². The van der Waals surface area contributed by atoms with Gasteiger partial charge in [-0.3, -0.25) is 9.59 Å². The van der Waals surface area contributed by atoms with Crippen molar-refractivity contribution < 1.29 is 19.1 Å². The lowest BCUT2D eigenvalue weighted by Crippen LogP contribution is -2.48. The first-order chi connectivity index (χ1) is 14.3. The van der Waals surface area contributed by atoms with Gasteiger partial charge in [-0.15, -0.1) is 0 Å². The van der Waals surface area contributed by atoms with E-state index in [1.165, 1.54) is 6.21 Å². The largest absolute Gasteiger partial charge is 0.493 e. The van der Waals surface area contributed by atoms with Gasteiger partial charge in [0.15, 0.2) is 11.5 Å². The van der Waals surface area contributed by atoms with Crippen molar-refractivity contribution in [2.24, 2.45) is 11.0 Å². The van der Waals surface area contributed by atoms with Gasteiger partial charge in [0.25, 0.3) is 11.8 Å². The second-order valence-corrected chi connectivity index (χ2v) is 8.20. The summed E-state index contributed by atoms with van der Waals surface area (Å²) in [5, 5.41) is 6.81. The minimum atomic E-state index is -0.721. The van der Waals surface area contributed by atoms with Crippen molar-refractivity contribution in [3.8, 4) is 11.5 Å². The Balaban J connectivity index is 2.07. The number of hydrogen-bond donors (Lipinski definition) is 2. The molecule has 0 spiro atoms. The van der Waals surface area contributed by atoms with E-state index in [2.05, 4.69) is 38.4 Å². The van der Waals surface area contributed by atoms with Crippen LogP contribution in [0.15, 0.2) is 41.5 Å². The normalized spacial score (nSPS) is 12.0. The number of aryl methyl sites for hydroxylation is 1. The highest BCUT2D eigenvalue weighted by atomic mass is 127. The lowest BCUT2D eigenvalue weighted by atomic mass is 10.0. The third-order valence-electron chi connectivity index (χ3n) is 4.39. The number of carbonyl (C=O) groups excluding carboxylic acids is 2. The molecular weight excluding hydrogens is 497 g/mol. The van der Waals surface area contributed by atoms with E-state index in [1.807, 2.05) is 39.0 Å². The van der Waals surface area contributed by atoms with Crippen LogP contribution in [-0.4, -0.2) is 38.3 Å². The summed E-state index contributed by atoms with van der Waals surface area (Å²) in [4.78, 5) is 25.1. The lowest BCUT2D eigenvalue weighted by molar-refractivity contribution is -0.123. The zero-order valence-electron chi connectivity index (χ0n) is 17.7. The van der Waals surface area contributed by atoms with Gasteiger partial charge >= 0.3 is 0 Å². The van der Waals surface area contributed by atoms with Crippen LogP contribution in [0.1, 0.15) is 35.3 Å². The number of benzene rings is 2. The van der Waals surface area contributed by atoms with Crippen LogP contribution >= 0.6 is 22.6 Å². The zero-order valence-corrected chi connectivity index (χ0v) is 19.8. The van der Waals surface area contributed by atoms with E-state index in [9.17, 15) is 9.59 Å². The van der Waals surface area contributed by atoms with Crippen LogP contribution in [0.25, 0.3) is 0 Å². The molecule has 0 fully saturated rings. The second-order valence-electron chi connectivity index (χ2n) is 7.03. The molecule has 2 amide bonds. The molecule has 30 heavy (non-hydrogen) atoms. The molecule has 0 aliphatic rings. The van der Waals surface area contributed by atoms with Gasteiger partial charge < -0.3 is 14.8 Å². The van der Waals surface area contributed by atoms with Gasteiger partial charge in [0.2, 0.25) is 0 Å². The molecule has 0 saturated heterocycles. The zero-order chi connectivity index (χ0) is 22.3. The molecule has 0 radical (unpaired) electrons. The minimum Gasteiger partial charge on any atom is -0.493 e. The maximum Gasteiger partial charge on any atom is 0.262 e. The number of nitrogens with zero attached hydrogens (tertiary/aromatic N) is 1. The minimum absolute atomic E-state index is 0.114. The third-order valence-corrected chi connectivity index (χ3v) is 5.20. The van der Waals surface area contributed by atoms with E-state index >= 15 is 0 Å². The van der Waals surface area contributed by atoms with E-state index in [-0.39, 0.29) is 11.8 Å². The summed E-state index contributed by atoms with van der Waals surface area (Å²) in [7, 11) is 3.13. The van der Waals surface area contributed by atoms with Crippen molar-refractivity contribution in [2.45, 2.75) is 26.8 Å². The number of nitrogens with one attached hydrogen (secondary N) is 2. The molecule has 2 aromatic rings. The molecule has 0 aliphatic heterocycles. The van der Waals surface area contributed by atoms with Crippen molar-refractivity contribution in [3.05, 3.63) is 56.7 Å². The lowest BCUT2D eigenvalue weighted by Gasteiger charge is -2.20. The highest BCUT2D eigenvalue weighted by Crippen LogP contribution is 2.32. The molecule has 1 unspecified atom stereocenters. The number of ether oxygens (including phenoxy) is 2. The van der Waals surface area contributed by atoms with Crippen molar-refractivity contribution >= 4 is 40.6 Å². The summed E-state index contributed by atoms with van der Waals surface area (Å²) < 4.78 is 11.5. The molecule has 2 N–H and O–H groups in total. The third kappa shape index (κ3) is 6.19. The summed E-state index contributed by atoms with van der Waals surface area (Å²) >= 11 is 2.14. The molecule has 0 heterocycles. The van der Waals surface area contributed by atoms with E-state index < -0.39 is 11.9 Å². The molecule has 160 valence electrons. The molecule has 0 saturated carbocycles. The Morgan fingerprint density at radius 3 is 2.33 bits per heavy atom. The number of hydrogen-bond acceptors (Lipinski definition) is 5. The fraction of sp³-hybridized carbons (Fsp3) is 0.318. The maximum absolute atomic E-state index is 12.6. The average Bonchev–Trinajstić information content (AvgIpc) is 2.71. The van der Waals surface area contributed by atoms with Crippen LogP contribution in [0.3, 0.4) is 0 Å². The van der Waals surface area contributed by atoms with E-state index in [0.29, 0.717) is 17.1 Å². The van der Waals surface area contributed by atoms with Crippen LogP contribution in [0.2, 0.25) is 0 Å². The molecule has 1 atom stereocenters. The number of rotatable bonds is 8. The summed E-state index contributed by atoms with van der Waals surface area (Å²) in [5.74, 6) is 0.399. The Kier molecular flexibility index (Phi) is 8.64. The Morgan fingerprint density at radius 1 is 1.10 bits per heavy atom. The molecule has 2 rings (SSSR count). The molecule has 7 nitrogen and oxygen atoms in total. The fourth-order valence-electron chi connectivity index (χ4n) is 2.72. The first kappa shape index (κ1) is 23.7. The summed E-state index contributed by atoms with van der Waals surface area (Å²) in [6.07, 6.45) is 1.52. The predicted molar refractivity (Wildman–Crippen MR) is 125 cm³/mol. The van der Waals surface area contributed by atoms with Gasteiger partial charge in [0.1, 0.15) is 6.04 Å². The molecular formula is C22H26IN3O4. The Morgan fingerprint density at radius 2 is 1.77 bits per heavy atom. The van der Waals surface area contributed by atoms with Gasteiger partial charge in [-0.05, 0) is 65.3 Å². The molecule has 8 heteroatoms. The summed E-state index contributed by atoms with van der Waals surface area (Å²) in [5.41, 5.74) is 4.80. The van der Waals surface area contributed by atoms with Crippen molar-refractivity contribution in [2.75, 3.05) is 14.2 Å². The van der Waals surface area contributed by atoms with Crippen LogP contribution in [0.4, 0.5) is 0 Å². The Hall–Kier alpha value is -2.62. The number of halogens is 1. The molecule has 2 aromatic carbocycles. The number of amides is 2. The van der Waals surface area contributed by atoms with Gasteiger partial charge in [0.05, 0.1) is 24.0 Å². The van der Waals surface area contributed by atoms with Gasteiger partial charge in [-0.25, -0.2) is 5.43 Å². The SMILES string of the molecule is COc1cc(C=NNC(=O)C(NC(=O)c2ccc(C)cc2)C(C)C)cc(I)c1OC. The van der Waals surface area contributed by atoms with Crippen LogP contribution in [0, 0.1) is 16.4 Å². The fourth-order valence-corrected chi connectivity index (χ4v) is 3.56. The predicted octanol–water partition coefficient (Wildman–Crippen LogP) is 3.52. The van der Waals surface area contributed by atoms with E-state index in [0.717, 1.165) is 14.7 Å². The maximum atomic E-state index is 12.6. The number of hydrazone groups is 1. The Labute approximate surface area is 190 Å². The molecule has 0 bridgehead atoms. The van der Waals surface area contributed by atoms with Crippen LogP contribution in [-0.2, 0) is 4.79 Å². The number of methoxy groups -OCH3 is 2. The molecule has 0 aromatic heterocycles. The second kappa shape index (κ2) is 11.0. The van der Waals surface area contributed by atoms with Crippen molar-refractivity contribution in [3.63, 3.8) is 0 Å². The first-order valence-corrected chi connectivity index (χ1v) is 10.5. The highest BCUT2D eigenvalue weighted by Gasteiger charge is 2.24. The van der Waals surface area contributed by atoms with E-state index in [4.69, 9.17) is 9.47 Å². The monoisotopic (exact) mass is 523 g/mol. The first-order valence-electron chi connectivity index (χ1n) is 9.38. The molecule has 0 aliphatic carbocycles. The van der Waals surface area contributed by atoms with E-state index in [1.54, 1.807) is 32.4 Å². The highest BCUT2D eigenvalue weighted by molar-refractivity contribution is 14.1. The Bertz CT molecular complexity index is 927. The number of carbonyl (C=O) groups is 2. The topological polar surface area (TPSA) is 89.0 Å². The summed E-state index contributed by atoms with van der Waals surface area (Å²) in [6.45, 7) is 5.67.